The number of carbonyl (C=O) groups is 2. The van der Waals surface area contributed by atoms with Gasteiger partial charge in [-0.05, 0) is 107 Å². The topological polar surface area (TPSA) is 70.0 Å². The van der Waals surface area contributed by atoms with E-state index < -0.39 is 5.60 Å². The summed E-state index contributed by atoms with van der Waals surface area (Å²) in [5.41, 5.74) is 4.42. The van der Waals surface area contributed by atoms with Gasteiger partial charge >= 0.3 is 12.1 Å². The van der Waals surface area contributed by atoms with Crippen LogP contribution >= 0.6 is 0 Å². The fourth-order valence-electron chi connectivity index (χ4n) is 6.87. The highest BCUT2D eigenvalue weighted by molar-refractivity contribution is 5.95. The number of ether oxygens (including phenoxy) is 3. The minimum atomic E-state index is -0.589. The lowest BCUT2D eigenvalue weighted by Gasteiger charge is -2.47. The van der Waals surface area contributed by atoms with Crippen LogP contribution in [-0.2, 0) is 16.0 Å². The number of likely N-dealkylation sites (tertiary alicyclic amines) is 1. The molecule has 0 amide bonds. The molecule has 1 aliphatic carbocycles. The largest absolute Gasteiger partial charge is 0.496 e. The predicted octanol–water partition coefficient (Wildman–Crippen LogP) is 7.67. The maximum atomic E-state index is 13.1. The second-order valence-corrected chi connectivity index (χ2v) is 12.8. The number of esters is 1. The number of methoxy groups -OCH3 is 2. The summed E-state index contributed by atoms with van der Waals surface area (Å²) in [7, 11) is 3.12. The van der Waals surface area contributed by atoms with E-state index in [1.54, 1.807) is 11.7 Å². The Balaban J connectivity index is 1.54. The molecule has 41 heavy (non-hydrogen) atoms. The van der Waals surface area contributed by atoms with Crippen molar-refractivity contribution in [3.8, 4) is 5.75 Å². The Morgan fingerprint density at radius 3 is 2.37 bits per heavy atom. The first kappa shape index (κ1) is 29.2. The van der Waals surface area contributed by atoms with Crippen LogP contribution in [0.25, 0.3) is 10.9 Å². The number of nitrogens with zero attached hydrogens (tertiary/aromatic N) is 2. The summed E-state index contributed by atoms with van der Waals surface area (Å²) in [5.74, 6) is 1.31. The number of aryl methyl sites for hydroxylation is 1. The van der Waals surface area contributed by atoms with Gasteiger partial charge in [-0.25, -0.2) is 9.59 Å². The molecule has 0 spiro atoms. The summed E-state index contributed by atoms with van der Waals surface area (Å²) < 4.78 is 18.2. The highest BCUT2D eigenvalue weighted by Gasteiger charge is 2.48. The average molecular weight is 561 g/mol. The van der Waals surface area contributed by atoms with E-state index in [9.17, 15) is 9.59 Å². The van der Waals surface area contributed by atoms with Crippen molar-refractivity contribution < 1.29 is 23.8 Å². The molecule has 0 N–H and O–H groups in total. The maximum absolute atomic E-state index is 13.1. The number of hydrogen-bond acceptors (Lipinski definition) is 6. The number of aromatic nitrogens is 1. The van der Waals surface area contributed by atoms with Crippen LogP contribution < -0.4 is 4.74 Å². The molecule has 1 aromatic heterocycles. The third-order valence-electron chi connectivity index (χ3n) is 9.20. The first-order chi connectivity index (χ1) is 19.5. The number of benzene rings is 2. The Labute approximate surface area is 243 Å². The predicted molar refractivity (Wildman–Crippen MR) is 160 cm³/mol. The summed E-state index contributed by atoms with van der Waals surface area (Å²) in [6.45, 7) is 11.6. The first-order valence-electron chi connectivity index (χ1n) is 14.8. The van der Waals surface area contributed by atoms with Crippen molar-refractivity contribution in [1.29, 1.82) is 0 Å². The van der Waals surface area contributed by atoms with Crippen LogP contribution in [0.15, 0.2) is 42.6 Å². The van der Waals surface area contributed by atoms with Gasteiger partial charge in [0.05, 0.1) is 25.3 Å². The zero-order chi connectivity index (χ0) is 29.5. The molecule has 2 fully saturated rings. The minimum Gasteiger partial charge on any atom is -0.496 e. The summed E-state index contributed by atoms with van der Waals surface area (Å²) in [4.78, 5) is 27.8. The Hall–Kier alpha value is -3.32. The molecule has 1 aliphatic heterocycles. The highest BCUT2D eigenvalue weighted by Crippen LogP contribution is 2.57. The third kappa shape index (κ3) is 5.74. The molecule has 0 radical (unpaired) electrons. The number of carbonyl (C=O) groups excluding carboxylic acids is 2. The lowest BCUT2D eigenvalue weighted by Crippen LogP contribution is -2.43. The van der Waals surface area contributed by atoms with Crippen LogP contribution in [0.3, 0.4) is 0 Å². The van der Waals surface area contributed by atoms with Crippen LogP contribution in [0.2, 0.25) is 0 Å². The molecule has 1 saturated carbocycles. The quantitative estimate of drug-likeness (QED) is 0.276. The molecular weight excluding hydrogens is 516 g/mol. The van der Waals surface area contributed by atoms with Gasteiger partial charge in [-0.2, -0.15) is 0 Å². The number of piperidine rings is 1. The van der Waals surface area contributed by atoms with Crippen molar-refractivity contribution in [3.05, 3.63) is 64.8 Å². The second kappa shape index (κ2) is 11.2. The normalized spacial score (nSPS) is 21.6. The van der Waals surface area contributed by atoms with Crippen LogP contribution in [0.4, 0.5) is 4.79 Å². The van der Waals surface area contributed by atoms with Crippen molar-refractivity contribution in [1.82, 2.24) is 9.47 Å². The van der Waals surface area contributed by atoms with Crippen LogP contribution in [-0.4, -0.2) is 47.9 Å². The Bertz CT molecular complexity index is 1430. The monoisotopic (exact) mass is 560 g/mol. The third-order valence-corrected chi connectivity index (χ3v) is 9.20. The number of hydrogen-bond donors (Lipinski definition) is 0. The summed E-state index contributed by atoms with van der Waals surface area (Å²) in [5, 5.41) is 1.00. The van der Waals surface area contributed by atoms with E-state index in [2.05, 4.69) is 24.0 Å². The Morgan fingerprint density at radius 1 is 1.07 bits per heavy atom. The van der Waals surface area contributed by atoms with Gasteiger partial charge in [0.1, 0.15) is 11.4 Å². The second-order valence-electron chi connectivity index (χ2n) is 12.8. The van der Waals surface area contributed by atoms with Crippen molar-refractivity contribution in [3.63, 3.8) is 0 Å². The smallest absolute Gasteiger partial charge is 0.419 e. The summed E-state index contributed by atoms with van der Waals surface area (Å²) in [6, 6.07) is 12.2. The summed E-state index contributed by atoms with van der Waals surface area (Å²) >= 11 is 0. The van der Waals surface area contributed by atoms with E-state index in [1.807, 2.05) is 58.2 Å². The van der Waals surface area contributed by atoms with Crippen molar-refractivity contribution in [2.45, 2.75) is 84.9 Å². The standard InChI is InChI=1S/C34H44N2O5/c1-8-34(25-13-14-25)16-18-35(28(20-34)23-9-11-24(12-10-23)31(37)40-7)21-27-26-15-17-36(32(38)41-33(3,4)5)30(26)22(2)19-29(27)39-6/h9-12,15,17,19,25,28H,8,13-14,16,18,20-21H2,1-7H3/t28-,34?/m0/s1. The zero-order valence-corrected chi connectivity index (χ0v) is 25.6. The SMILES string of the molecule is CCC1(C2CC2)CCN(Cc2c(OC)cc(C)c3c2ccn3C(=O)OC(C)(C)C)[C@H](c2ccc(C(=O)OC)cc2)C1. The molecule has 2 aliphatic rings. The minimum absolute atomic E-state index is 0.199. The molecule has 220 valence electrons. The van der Waals surface area contributed by atoms with E-state index >= 15 is 0 Å². The van der Waals surface area contributed by atoms with E-state index in [1.165, 1.54) is 38.4 Å². The van der Waals surface area contributed by atoms with E-state index in [4.69, 9.17) is 14.2 Å². The molecule has 7 heteroatoms. The van der Waals surface area contributed by atoms with Gasteiger partial charge < -0.3 is 14.2 Å². The average Bonchev–Trinajstić information content (AvgIpc) is 3.71. The van der Waals surface area contributed by atoms with Gasteiger partial charge in [-0.1, -0.05) is 25.5 Å². The molecule has 2 heterocycles. The molecule has 3 aromatic rings. The molecule has 1 saturated heterocycles. The Morgan fingerprint density at radius 2 is 1.78 bits per heavy atom. The number of rotatable bonds is 7. The highest BCUT2D eigenvalue weighted by atomic mass is 16.6. The van der Waals surface area contributed by atoms with Gasteiger partial charge in [0.25, 0.3) is 0 Å². The van der Waals surface area contributed by atoms with Crippen molar-refractivity contribution >= 4 is 23.0 Å². The maximum Gasteiger partial charge on any atom is 0.419 e. The lowest BCUT2D eigenvalue weighted by molar-refractivity contribution is 0.0244. The molecule has 1 unspecified atom stereocenters. The van der Waals surface area contributed by atoms with Crippen molar-refractivity contribution in [2.24, 2.45) is 11.3 Å². The molecule has 2 atom stereocenters. The fraction of sp³-hybridized carbons (Fsp3) is 0.529. The molecule has 7 nitrogen and oxygen atoms in total. The van der Waals surface area contributed by atoms with E-state index in [-0.39, 0.29) is 18.1 Å². The van der Waals surface area contributed by atoms with E-state index in [0.717, 1.165) is 46.7 Å². The van der Waals surface area contributed by atoms with Crippen molar-refractivity contribution in [2.75, 3.05) is 20.8 Å². The molecule has 2 aromatic carbocycles. The van der Waals surface area contributed by atoms with Crippen LogP contribution in [0.1, 0.15) is 92.9 Å². The van der Waals surface area contributed by atoms with Gasteiger partial charge in [-0.15, -0.1) is 0 Å². The van der Waals surface area contributed by atoms with Gasteiger partial charge in [0.15, 0.2) is 0 Å². The molecular formula is C34H44N2O5. The zero-order valence-electron chi connectivity index (χ0n) is 25.6. The lowest BCUT2D eigenvalue weighted by atomic mass is 9.68. The van der Waals surface area contributed by atoms with Gasteiger partial charge in [-0.3, -0.25) is 9.47 Å². The van der Waals surface area contributed by atoms with Crippen LogP contribution in [0, 0.1) is 18.3 Å². The van der Waals surface area contributed by atoms with E-state index in [0.29, 0.717) is 17.5 Å². The summed E-state index contributed by atoms with van der Waals surface area (Å²) in [6.07, 6.45) is 7.51. The molecule has 0 bridgehead atoms. The Kier molecular flexibility index (Phi) is 7.94. The van der Waals surface area contributed by atoms with Crippen LogP contribution in [0.5, 0.6) is 5.75 Å². The molecule has 5 rings (SSSR count). The number of fused-ring (bicyclic) bond motifs is 1. The fourth-order valence-corrected chi connectivity index (χ4v) is 6.87. The van der Waals surface area contributed by atoms with Gasteiger partial charge in [0, 0.05) is 29.7 Å². The first-order valence-corrected chi connectivity index (χ1v) is 14.8. The van der Waals surface area contributed by atoms with Gasteiger partial charge in [0.2, 0.25) is 0 Å².